The Kier molecular flexibility index (Phi) is 23.4. The summed E-state index contributed by atoms with van der Waals surface area (Å²) >= 11 is 2.53. The first-order chi connectivity index (χ1) is 33.2. The molecule has 0 amide bonds. The molecule has 0 spiro atoms. The average Bonchev–Trinajstić information content (AvgIpc) is 4.18. The summed E-state index contributed by atoms with van der Waals surface area (Å²) in [6.07, 6.45) is 0. The van der Waals surface area contributed by atoms with Crippen molar-refractivity contribution in [3.8, 4) is 0 Å². The second-order valence-electron chi connectivity index (χ2n) is 16.9. The maximum atomic E-state index is 2.26. The molecule has 0 heterocycles. The van der Waals surface area contributed by atoms with E-state index in [-0.39, 0.29) is 24.8 Å². The Morgan fingerprint density at radius 1 is 0.257 bits per heavy atom. The Balaban J connectivity index is 0.000000157. The fourth-order valence-electron chi connectivity index (χ4n) is 7.98. The molecule has 0 saturated heterocycles. The standard InChI is InChI=1S/2C12H10Si.4C10H9.2ClH.2Hf/c2*1-3-7-11(8-4-1)13-12-9-5-2-6-10-12;4*1-8-6-9-4-2-3-5-10(9)7-8;;;;/h2*1-10H;4*2-7H,1H3;2*1H;;/q;;4*-1;;;2*+2/p-2. The fourth-order valence-corrected chi connectivity index (χ4v) is 17.9. The minimum absolute atomic E-state index is 0. The number of fused-ring (bicyclic) bond motifs is 4. The van der Waals surface area contributed by atoms with Gasteiger partial charge in [-0.15, -0.1) is 162 Å². The zero-order valence-electron chi connectivity index (χ0n) is 40.2. The van der Waals surface area contributed by atoms with E-state index in [1.54, 1.807) is 0 Å². The number of aryl methyl sites for hydroxylation is 4. The van der Waals surface area contributed by atoms with E-state index in [2.05, 4.69) is 295 Å². The molecular weight excluding hydrogens is 1250 g/mol. The van der Waals surface area contributed by atoms with E-state index in [9.17, 15) is 0 Å². The summed E-state index contributed by atoms with van der Waals surface area (Å²) in [5.74, 6) is 0. The van der Waals surface area contributed by atoms with Crippen molar-refractivity contribution in [3.05, 3.63) is 289 Å². The molecule has 0 unspecified atom stereocenters. The Labute approximate surface area is 458 Å². The van der Waals surface area contributed by atoms with E-state index in [1.807, 2.05) is 0 Å². The van der Waals surface area contributed by atoms with Gasteiger partial charge in [-0.1, -0.05) is 52.0 Å². The van der Waals surface area contributed by atoms with Crippen LogP contribution in [-0.2, 0) is 46.0 Å². The van der Waals surface area contributed by atoms with Gasteiger partial charge in [0.05, 0.1) is 0 Å². The summed E-state index contributed by atoms with van der Waals surface area (Å²) < 4.78 is 0. The molecule has 0 aromatic heterocycles. The Bertz CT molecular complexity index is 2830. The Morgan fingerprint density at radius 2 is 0.429 bits per heavy atom. The van der Waals surface area contributed by atoms with Gasteiger partial charge in [0, 0.05) is 0 Å². The number of hydrogen-bond donors (Lipinski definition) is 0. The molecular formula is C64H56Cl2Hf2Si2-2. The number of rotatable bonds is 4. The molecule has 0 saturated carbocycles. The van der Waals surface area contributed by atoms with Crippen molar-refractivity contribution in [2.45, 2.75) is 27.7 Å². The van der Waals surface area contributed by atoms with E-state index >= 15 is 0 Å². The summed E-state index contributed by atoms with van der Waals surface area (Å²) in [5.41, 5.74) is 4.58. The maximum absolute atomic E-state index is 2.26. The van der Waals surface area contributed by atoms with Gasteiger partial charge in [-0.05, 0) is 0 Å². The van der Waals surface area contributed by atoms with Crippen LogP contribution in [0.1, 0.15) is 22.3 Å². The van der Waals surface area contributed by atoms with Gasteiger partial charge in [0.2, 0.25) is 0 Å². The van der Waals surface area contributed by atoms with Gasteiger partial charge < -0.3 is 24.8 Å². The first-order valence-corrected chi connectivity index (χ1v) is 36.8. The van der Waals surface area contributed by atoms with E-state index < -0.39 is 11.0 Å². The predicted octanol–water partition coefficient (Wildman–Crippen LogP) is 8.15. The quantitative estimate of drug-likeness (QED) is 0.124. The van der Waals surface area contributed by atoms with Gasteiger partial charge in [0.25, 0.3) is 0 Å². The molecule has 0 fully saturated rings. The van der Waals surface area contributed by atoms with Crippen molar-refractivity contribution >= 4 is 74.8 Å². The van der Waals surface area contributed by atoms with E-state index in [0.717, 1.165) is 0 Å². The van der Waals surface area contributed by atoms with Crippen molar-refractivity contribution in [1.82, 2.24) is 0 Å². The predicted molar refractivity (Wildman–Crippen MR) is 293 cm³/mol. The molecule has 0 N–H and O–H groups in total. The van der Waals surface area contributed by atoms with Crippen LogP contribution in [0, 0.1) is 27.7 Å². The molecule has 344 valence electrons. The third-order valence-electron chi connectivity index (χ3n) is 11.3. The SMILES string of the molecule is Cc1cc2ccccc2[cH-]1.Cc1cc2ccccc2[cH-]1.Cc1cc2ccccc2[cH-]1.Cc1cc2ccccc2[cH-]1.[Cl-].[Cl-].[Hf+2]=[Si](c1ccccc1)c1ccccc1.[Hf+2]=[Si](c1ccccc1)c1ccccc1. The zero-order chi connectivity index (χ0) is 47.5. The molecule has 0 aliphatic carbocycles. The minimum atomic E-state index is -0.406. The van der Waals surface area contributed by atoms with Crippen molar-refractivity contribution in [3.63, 3.8) is 0 Å². The van der Waals surface area contributed by atoms with Crippen LogP contribution in [0.15, 0.2) is 267 Å². The van der Waals surface area contributed by atoms with E-state index in [1.165, 1.54) is 132 Å². The van der Waals surface area contributed by atoms with Crippen LogP contribution in [0.5, 0.6) is 0 Å². The molecule has 6 heteroatoms. The molecule has 12 aromatic carbocycles. The topological polar surface area (TPSA) is 0 Å². The second kappa shape index (κ2) is 29.3. The average molecular weight is 1310 g/mol. The van der Waals surface area contributed by atoms with Crippen LogP contribution in [-0.4, -0.2) is 11.0 Å². The molecule has 0 bridgehead atoms. The van der Waals surface area contributed by atoms with Crippen LogP contribution >= 0.6 is 0 Å². The normalized spacial score (nSPS) is 9.94. The van der Waals surface area contributed by atoms with Crippen molar-refractivity contribution in [2.24, 2.45) is 0 Å². The van der Waals surface area contributed by atoms with Gasteiger partial charge in [-0.25, -0.2) is 0 Å². The van der Waals surface area contributed by atoms with Crippen LogP contribution in [0.25, 0.3) is 43.1 Å². The van der Waals surface area contributed by atoms with Gasteiger partial charge in [0.15, 0.2) is 0 Å². The zero-order valence-corrected chi connectivity index (χ0v) is 50.9. The summed E-state index contributed by atoms with van der Waals surface area (Å²) in [7, 11) is 0. The molecule has 0 atom stereocenters. The van der Waals surface area contributed by atoms with Gasteiger partial charge in [0.1, 0.15) is 0 Å². The molecule has 0 aliphatic rings. The van der Waals surface area contributed by atoms with E-state index in [4.69, 9.17) is 0 Å². The fraction of sp³-hybridized carbons (Fsp3) is 0.0625. The number of halogens is 2. The van der Waals surface area contributed by atoms with Gasteiger partial charge in [-0.3, -0.25) is 0 Å². The monoisotopic (exact) mass is 1310 g/mol. The first-order valence-electron chi connectivity index (χ1n) is 23.1. The first kappa shape index (κ1) is 55.9. The summed E-state index contributed by atoms with van der Waals surface area (Å²) in [5, 5.41) is 16.9. The summed E-state index contributed by atoms with van der Waals surface area (Å²) in [6.45, 7) is 8.50. The summed E-state index contributed by atoms with van der Waals surface area (Å²) in [6, 6.07) is 94.9. The Hall–Kier alpha value is -5.05. The molecule has 0 aliphatic heterocycles. The molecule has 0 nitrogen and oxygen atoms in total. The van der Waals surface area contributed by atoms with Crippen LogP contribution in [0.2, 0.25) is 0 Å². The molecule has 12 rings (SSSR count). The van der Waals surface area contributed by atoms with Crippen LogP contribution in [0.3, 0.4) is 0 Å². The molecule has 70 heavy (non-hydrogen) atoms. The third-order valence-corrected chi connectivity index (χ3v) is 27.4. The Morgan fingerprint density at radius 3 is 0.614 bits per heavy atom. The van der Waals surface area contributed by atoms with E-state index in [0.29, 0.717) is 0 Å². The van der Waals surface area contributed by atoms with Crippen LogP contribution in [0.4, 0.5) is 0 Å². The van der Waals surface area contributed by atoms with Crippen molar-refractivity contribution in [1.29, 1.82) is 0 Å². The summed E-state index contributed by atoms with van der Waals surface area (Å²) in [4.78, 5) is 0. The van der Waals surface area contributed by atoms with Gasteiger partial charge >= 0.3 is 199 Å². The molecule has 12 aromatic rings. The van der Waals surface area contributed by atoms with Gasteiger partial charge in [-0.2, -0.15) is 24.3 Å². The van der Waals surface area contributed by atoms with Crippen molar-refractivity contribution in [2.75, 3.05) is 0 Å². The van der Waals surface area contributed by atoms with Crippen LogP contribution < -0.4 is 45.6 Å². The molecule has 0 radical (unpaired) electrons. The number of benzene rings is 8. The number of hydrogen-bond acceptors (Lipinski definition) is 0. The second-order valence-corrected chi connectivity index (χ2v) is 31.4. The third kappa shape index (κ3) is 17.1. The van der Waals surface area contributed by atoms with Crippen molar-refractivity contribution < 1.29 is 70.8 Å².